The first-order valence-corrected chi connectivity index (χ1v) is 11.6. The van der Waals surface area contributed by atoms with Gasteiger partial charge in [-0.25, -0.2) is 0 Å². The van der Waals surface area contributed by atoms with E-state index in [9.17, 15) is 19.2 Å². The molecule has 1 saturated carbocycles. The molecule has 1 aromatic carbocycles. The fourth-order valence-electron chi connectivity index (χ4n) is 4.60. The maximum Gasteiger partial charge on any atom is 0.306 e. The molecule has 2 aliphatic rings. The van der Waals surface area contributed by atoms with E-state index in [0.29, 0.717) is 22.8 Å². The molecule has 10 nitrogen and oxygen atoms in total. The number of ether oxygens (including phenoxy) is 1. The van der Waals surface area contributed by atoms with Crippen molar-refractivity contribution in [1.29, 1.82) is 0 Å². The number of hydrogen-bond donors (Lipinski definition) is 1. The minimum atomic E-state index is -0.642. The molecule has 1 aromatic heterocycles. The Morgan fingerprint density at radius 1 is 1.09 bits per heavy atom. The van der Waals surface area contributed by atoms with Crippen molar-refractivity contribution in [3.63, 3.8) is 0 Å². The Hall–Kier alpha value is -3.56. The quantitative estimate of drug-likeness (QED) is 0.355. The smallest absolute Gasteiger partial charge is 0.306 e. The summed E-state index contributed by atoms with van der Waals surface area (Å²) in [6.07, 6.45) is 5.80. The molecule has 4 rings (SSSR count). The predicted octanol–water partition coefficient (Wildman–Crippen LogP) is 2.53. The number of benzene rings is 1. The molecule has 180 valence electrons. The lowest BCUT2D eigenvalue weighted by molar-refractivity contribution is -0.143. The van der Waals surface area contributed by atoms with E-state index >= 15 is 0 Å². The van der Waals surface area contributed by atoms with E-state index in [1.54, 1.807) is 24.3 Å². The van der Waals surface area contributed by atoms with Gasteiger partial charge in [0.25, 0.3) is 11.8 Å². The molecule has 1 fully saturated rings. The average molecular weight is 469 g/mol. The first-order chi connectivity index (χ1) is 16.4. The molecule has 0 spiro atoms. The van der Waals surface area contributed by atoms with Crippen LogP contribution < -0.4 is 5.32 Å². The van der Waals surface area contributed by atoms with Crippen LogP contribution in [0, 0.1) is 0 Å². The van der Waals surface area contributed by atoms with Gasteiger partial charge < -0.3 is 14.6 Å². The number of nitrogens with zero attached hydrogens (tertiary/aromatic N) is 3. The van der Waals surface area contributed by atoms with Crippen molar-refractivity contribution < 1.29 is 28.4 Å². The molecule has 0 radical (unpaired) electrons. The molecule has 2 aromatic rings. The van der Waals surface area contributed by atoms with Crippen molar-refractivity contribution in [2.45, 2.75) is 63.8 Å². The maximum absolute atomic E-state index is 12.4. The highest BCUT2D eigenvalue weighted by molar-refractivity contribution is 6.21. The summed E-state index contributed by atoms with van der Waals surface area (Å²) >= 11 is 0. The summed E-state index contributed by atoms with van der Waals surface area (Å²) in [6, 6.07) is 6.60. The Morgan fingerprint density at radius 3 is 2.35 bits per heavy atom. The van der Waals surface area contributed by atoms with Crippen LogP contribution in [0.25, 0.3) is 0 Å². The first-order valence-electron chi connectivity index (χ1n) is 11.6. The van der Waals surface area contributed by atoms with E-state index in [1.807, 2.05) is 0 Å². The van der Waals surface area contributed by atoms with Crippen molar-refractivity contribution in [3.05, 3.63) is 47.1 Å². The number of nitrogens with one attached hydrogen (secondary N) is 1. The number of esters is 1. The van der Waals surface area contributed by atoms with Gasteiger partial charge in [-0.05, 0) is 25.0 Å². The number of fused-ring (bicyclic) bond motifs is 1. The second-order valence-corrected chi connectivity index (χ2v) is 8.72. The van der Waals surface area contributed by atoms with Crippen LogP contribution in [0.3, 0.4) is 0 Å². The lowest BCUT2D eigenvalue weighted by Gasteiger charge is -2.30. The number of imide groups is 1. The topological polar surface area (TPSA) is 132 Å². The Balaban J connectivity index is 1.27. The fraction of sp³-hybridized carbons (Fsp3) is 0.500. The minimum absolute atomic E-state index is 0.0108. The molecule has 0 saturated heterocycles. The van der Waals surface area contributed by atoms with Crippen LogP contribution in [0.15, 0.2) is 28.8 Å². The van der Waals surface area contributed by atoms with Crippen molar-refractivity contribution in [2.24, 2.45) is 0 Å². The van der Waals surface area contributed by atoms with Gasteiger partial charge in [-0.1, -0.05) is 43.0 Å². The standard InChI is InChI=1S/C24H28N4O6/c1-16(29)26-24(12-6-2-3-7-13-24)23-25-19(34-27-23)10-11-20(30)33-15-14-28-21(31)17-8-4-5-9-18(17)22(28)32/h4-5,8-9H,2-3,6-7,10-15H2,1H3,(H,26,29). The van der Waals surface area contributed by atoms with Crippen LogP contribution in [-0.2, 0) is 26.3 Å². The van der Waals surface area contributed by atoms with E-state index in [2.05, 4.69) is 15.5 Å². The minimum Gasteiger partial charge on any atom is -0.464 e. The third kappa shape index (κ3) is 5.00. The van der Waals surface area contributed by atoms with Gasteiger partial charge in [0.2, 0.25) is 11.8 Å². The Kier molecular flexibility index (Phi) is 7.04. The summed E-state index contributed by atoms with van der Waals surface area (Å²) in [7, 11) is 0. The van der Waals surface area contributed by atoms with E-state index in [1.165, 1.54) is 6.92 Å². The molecule has 2 heterocycles. The molecular weight excluding hydrogens is 440 g/mol. The van der Waals surface area contributed by atoms with E-state index in [4.69, 9.17) is 9.26 Å². The maximum atomic E-state index is 12.4. The predicted molar refractivity (Wildman–Crippen MR) is 119 cm³/mol. The number of carbonyl (C=O) groups excluding carboxylic acids is 4. The largest absolute Gasteiger partial charge is 0.464 e. The van der Waals surface area contributed by atoms with Gasteiger partial charge in [0.15, 0.2) is 5.82 Å². The second-order valence-electron chi connectivity index (χ2n) is 8.72. The van der Waals surface area contributed by atoms with Gasteiger partial charge >= 0.3 is 5.97 Å². The van der Waals surface area contributed by atoms with E-state index in [0.717, 1.165) is 43.4 Å². The Bertz CT molecular complexity index is 1050. The summed E-state index contributed by atoms with van der Waals surface area (Å²) in [4.78, 5) is 54.2. The number of amides is 3. The summed E-state index contributed by atoms with van der Waals surface area (Å²) in [6.45, 7) is 1.37. The van der Waals surface area contributed by atoms with Gasteiger partial charge in [0.1, 0.15) is 12.1 Å². The van der Waals surface area contributed by atoms with E-state index in [-0.39, 0.29) is 43.7 Å². The highest BCUT2D eigenvalue weighted by Crippen LogP contribution is 2.34. The van der Waals surface area contributed by atoms with E-state index < -0.39 is 11.5 Å². The fourth-order valence-corrected chi connectivity index (χ4v) is 4.60. The molecule has 34 heavy (non-hydrogen) atoms. The zero-order valence-electron chi connectivity index (χ0n) is 19.2. The summed E-state index contributed by atoms with van der Waals surface area (Å²) < 4.78 is 10.5. The third-order valence-corrected chi connectivity index (χ3v) is 6.27. The summed E-state index contributed by atoms with van der Waals surface area (Å²) in [5, 5.41) is 7.12. The normalized spacial score (nSPS) is 17.3. The number of carbonyl (C=O) groups is 4. The van der Waals surface area contributed by atoms with Gasteiger partial charge in [0, 0.05) is 13.3 Å². The molecule has 0 unspecified atom stereocenters. The molecule has 1 aliphatic carbocycles. The molecule has 10 heteroatoms. The second kappa shape index (κ2) is 10.1. The monoisotopic (exact) mass is 468 g/mol. The van der Waals surface area contributed by atoms with Crippen LogP contribution in [0.1, 0.15) is 84.3 Å². The highest BCUT2D eigenvalue weighted by Gasteiger charge is 2.38. The zero-order valence-corrected chi connectivity index (χ0v) is 19.2. The summed E-state index contributed by atoms with van der Waals surface area (Å²) in [5.41, 5.74) is 0.0743. The third-order valence-electron chi connectivity index (χ3n) is 6.27. The van der Waals surface area contributed by atoms with Crippen molar-refractivity contribution in [2.75, 3.05) is 13.2 Å². The molecular formula is C24H28N4O6. The van der Waals surface area contributed by atoms with Crippen molar-refractivity contribution >= 4 is 23.7 Å². The van der Waals surface area contributed by atoms with Crippen LogP contribution in [0.4, 0.5) is 0 Å². The highest BCUT2D eigenvalue weighted by atomic mass is 16.5. The van der Waals surface area contributed by atoms with Crippen LogP contribution in [0.2, 0.25) is 0 Å². The first kappa shape index (κ1) is 23.6. The zero-order chi connectivity index (χ0) is 24.1. The lowest BCUT2D eigenvalue weighted by atomic mass is 9.89. The van der Waals surface area contributed by atoms with Crippen molar-refractivity contribution in [1.82, 2.24) is 20.4 Å². The molecule has 3 amide bonds. The number of aryl methyl sites for hydroxylation is 1. The van der Waals surface area contributed by atoms with Crippen LogP contribution in [0.5, 0.6) is 0 Å². The molecule has 0 bridgehead atoms. The van der Waals surface area contributed by atoms with Gasteiger partial charge in [-0.3, -0.25) is 24.1 Å². The van der Waals surface area contributed by atoms with Crippen LogP contribution in [-0.4, -0.2) is 51.9 Å². The molecule has 0 atom stereocenters. The Morgan fingerprint density at radius 2 is 1.74 bits per heavy atom. The molecule has 1 N–H and O–H groups in total. The molecule has 1 aliphatic heterocycles. The van der Waals surface area contributed by atoms with Crippen molar-refractivity contribution in [3.8, 4) is 0 Å². The summed E-state index contributed by atoms with van der Waals surface area (Å²) in [5.74, 6) is -0.680. The van der Waals surface area contributed by atoms with Crippen LogP contribution >= 0.6 is 0 Å². The Labute approximate surface area is 197 Å². The lowest BCUT2D eigenvalue weighted by Crippen LogP contribution is -2.45. The van der Waals surface area contributed by atoms with Gasteiger partial charge in [-0.2, -0.15) is 4.98 Å². The number of hydrogen-bond acceptors (Lipinski definition) is 8. The number of aromatic nitrogens is 2. The SMILES string of the molecule is CC(=O)NC1(c2noc(CCC(=O)OCCN3C(=O)c4ccccc4C3=O)n2)CCCCCC1. The van der Waals surface area contributed by atoms with Gasteiger partial charge in [0.05, 0.1) is 24.1 Å². The average Bonchev–Trinajstić information content (AvgIpc) is 3.30. The van der Waals surface area contributed by atoms with Gasteiger partial charge in [-0.15, -0.1) is 0 Å². The number of rotatable bonds is 8.